The Morgan fingerprint density at radius 1 is 1.13 bits per heavy atom. The van der Waals surface area contributed by atoms with Crippen LogP contribution >= 0.6 is 11.8 Å². The van der Waals surface area contributed by atoms with Gasteiger partial charge in [0, 0.05) is 24.2 Å². The molecule has 0 aromatic heterocycles. The van der Waals surface area contributed by atoms with Gasteiger partial charge in [-0.1, -0.05) is 18.2 Å². The molecule has 1 fully saturated rings. The van der Waals surface area contributed by atoms with E-state index in [9.17, 15) is 27.6 Å². The number of hydrogen-bond donors (Lipinski definition) is 1. The molecule has 0 radical (unpaired) electrons. The summed E-state index contributed by atoms with van der Waals surface area (Å²) in [6.07, 6.45) is 1.31. The number of carbonyl (C=O) groups excluding carboxylic acids is 3. The third-order valence-corrected chi connectivity index (χ3v) is 4.94. The largest absolute Gasteiger partial charge is 0.435 e. The van der Waals surface area contributed by atoms with E-state index in [0.29, 0.717) is 11.8 Å². The first kappa shape index (κ1) is 21.4. The summed E-state index contributed by atoms with van der Waals surface area (Å²) >= 11 is 0.691. The van der Waals surface area contributed by atoms with E-state index in [0.717, 1.165) is 4.90 Å². The predicted molar refractivity (Wildman–Crippen MR) is 104 cm³/mol. The first-order valence-corrected chi connectivity index (χ1v) is 9.50. The molecule has 6 nitrogen and oxygen atoms in total. The molecule has 0 atom stereocenters. The van der Waals surface area contributed by atoms with Crippen molar-refractivity contribution >= 4 is 34.9 Å². The number of nitrogens with one attached hydrogen (secondary N) is 1. The van der Waals surface area contributed by atoms with Crippen molar-refractivity contribution in [3.63, 3.8) is 0 Å². The van der Waals surface area contributed by atoms with Gasteiger partial charge in [0.15, 0.2) is 0 Å². The number of rotatable bonds is 7. The minimum atomic E-state index is -2.96. The average molecular weight is 436 g/mol. The highest BCUT2D eigenvalue weighted by molar-refractivity contribution is 8.18. The Kier molecular flexibility index (Phi) is 6.78. The van der Waals surface area contributed by atoms with E-state index in [1.165, 1.54) is 48.5 Å². The third-order valence-electron chi connectivity index (χ3n) is 4.03. The van der Waals surface area contributed by atoms with Gasteiger partial charge in [0.05, 0.1) is 4.91 Å². The molecular weight excluding hydrogens is 421 g/mol. The molecule has 1 aliphatic rings. The Bertz CT molecular complexity index is 996. The van der Waals surface area contributed by atoms with Crippen molar-refractivity contribution < 1.29 is 32.3 Å². The van der Waals surface area contributed by atoms with E-state index < -0.39 is 29.5 Å². The molecule has 0 aliphatic carbocycles. The molecule has 1 saturated heterocycles. The van der Waals surface area contributed by atoms with Crippen LogP contribution in [0.3, 0.4) is 0 Å². The zero-order chi connectivity index (χ0) is 21.7. The van der Waals surface area contributed by atoms with Crippen LogP contribution < -0.4 is 10.1 Å². The number of thioether (sulfide) groups is 1. The fourth-order valence-corrected chi connectivity index (χ4v) is 3.45. The molecular formula is C20H15F3N2O4S. The maximum Gasteiger partial charge on any atom is 0.387 e. The normalized spacial score (nSPS) is 15.2. The number of hydrogen-bond acceptors (Lipinski definition) is 5. The van der Waals surface area contributed by atoms with Crippen LogP contribution in [0.4, 0.5) is 18.0 Å². The van der Waals surface area contributed by atoms with E-state index in [4.69, 9.17) is 0 Å². The summed E-state index contributed by atoms with van der Waals surface area (Å²) in [7, 11) is 0. The van der Waals surface area contributed by atoms with E-state index in [2.05, 4.69) is 10.1 Å². The second-order valence-corrected chi connectivity index (χ2v) is 7.01. The van der Waals surface area contributed by atoms with Gasteiger partial charge in [0.1, 0.15) is 11.6 Å². The van der Waals surface area contributed by atoms with Gasteiger partial charge in [-0.3, -0.25) is 19.3 Å². The van der Waals surface area contributed by atoms with E-state index in [-0.39, 0.29) is 34.9 Å². The van der Waals surface area contributed by atoms with Gasteiger partial charge in [-0.25, -0.2) is 4.39 Å². The van der Waals surface area contributed by atoms with Gasteiger partial charge in [0.2, 0.25) is 0 Å². The Morgan fingerprint density at radius 2 is 1.83 bits per heavy atom. The minimum Gasteiger partial charge on any atom is -0.435 e. The molecule has 3 amide bonds. The summed E-state index contributed by atoms with van der Waals surface area (Å²) in [4.78, 5) is 37.7. The lowest BCUT2D eigenvalue weighted by molar-refractivity contribution is -0.122. The maximum absolute atomic E-state index is 13.7. The van der Waals surface area contributed by atoms with Crippen molar-refractivity contribution in [2.24, 2.45) is 0 Å². The standard InChI is InChI=1S/C20H15F3N2O4S/c21-15-4-2-1-3-13(15)11-16-18(27)25(20(28)30-16)10-9-24-17(26)12-5-7-14(8-6-12)29-19(22)23/h1-8,11,19H,9-10H2,(H,24,26)/b16-11-. The molecule has 156 valence electrons. The monoisotopic (exact) mass is 436 g/mol. The fraction of sp³-hybridized carbons (Fsp3) is 0.150. The first-order valence-electron chi connectivity index (χ1n) is 8.68. The molecule has 0 spiro atoms. The lowest BCUT2D eigenvalue weighted by atomic mass is 10.2. The molecule has 1 N–H and O–H groups in total. The second kappa shape index (κ2) is 9.49. The van der Waals surface area contributed by atoms with Crippen molar-refractivity contribution in [2.45, 2.75) is 6.61 Å². The quantitative estimate of drug-likeness (QED) is 0.667. The van der Waals surface area contributed by atoms with Crippen molar-refractivity contribution in [2.75, 3.05) is 13.1 Å². The SMILES string of the molecule is O=C(NCCN1C(=O)S/C(=C\c2ccccc2F)C1=O)c1ccc(OC(F)F)cc1. The average Bonchev–Trinajstić information content (AvgIpc) is 2.97. The fourth-order valence-electron chi connectivity index (χ4n) is 2.60. The number of ether oxygens (including phenoxy) is 1. The lowest BCUT2D eigenvalue weighted by Crippen LogP contribution is -2.37. The molecule has 0 unspecified atom stereocenters. The summed E-state index contributed by atoms with van der Waals surface area (Å²) < 4.78 is 42.2. The predicted octanol–water partition coefficient (Wildman–Crippen LogP) is 3.89. The van der Waals surface area contributed by atoms with Gasteiger partial charge in [-0.2, -0.15) is 8.78 Å². The third kappa shape index (κ3) is 5.20. The molecule has 1 aliphatic heterocycles. The molecule has 3 rings (SSSR count). The summed E-state index contributed by atoms with van der Waals surface area (Å²) in [5.41, 5.74) is 0.390. The van der Waals surface area contributed by atoms with Crippen molar-refractivity contribution in [1.82, 2.24) is 10.2 Å². The van der Waals surface area contributed by atoms with Gasteiger partial charge < -0.3 is 10.1 Å². The Labute approximate surface area is 173 Å². The number of amides is 3. The number of carbonyl (C=O) groups is 3. The molecule has 2 aromatic carbocycles. The first-order chi connectivity index (χ1) is 14.3. The smallest absolute Gasteiger partial charge is 0.387 e. The highest BCUT2D eigenvalue weighted by Crippen LogP contribution is 2.32. The molecule has 2 aromatic rings. The van der Waals surface area contributed by atoms with Crippen molar-refractivity contribution in [3.8, 4) is 5.75 Å². The number of alkyl halides is 2. The topological polar surface area (TPSA) is 75.7 Å². The Balaban J connectivity index is 1.55. The van der Waals surface area contributed by atoms with Crippen LogP contribution in [-0.2, 0) is 4.79 Å². The number of nitrogens with zero attached hydrogens (tertiary/aromatic N) is 1. The summed E-state index contributed by atoms with van der Waals surface area (Å²) in [5, 5.41) is 2.02. The Morgan fingerprint density at radius 3 is 2.50 bits per heavy atom. The molecule has 0 saturated carbocycles. The minimum absolute atomic E-state index is 0.0147. The van der Waals surface area contributed by atoms with Crippen LogP contribution in [0.25, 0.3) is 6.08 Å². The summed E-state index contributed by atoms with van der Waals surface area (Å²) in [5.74, 6) is -1.67. The van der Waals surface area contributed by atoms with Crippen molar-refractivity contribution in [3.05, 3.63) is 70.4 Å². The second-order valence-electron chi connectivity index (χ2n) is 6.01. The van der Waals surface area contributed by atoms with Crippen LogP contribution in [0.1, 0.15) is 15.9 Å². The zero-order valence-corrected chi connectivity index (χ0v) is 16.1. The number of imide groups is 1. The Hall–Kier alpha value is -3.27. The highest BCUT2D eigenvalue weighted by Gasteiger charge is 2.34. The highest BCUT2D eigenvalue weighted by atomic mass is 32.2. The van der Waals surface area contributed by atoms with Crippen LogP contribution in [0.15, 0.2) is 53.4 Å². The molecule has 30 heavy (non-hydrogen) atoms. The number of halogens is 3. The molecule has 1 heterocycles. The van der Waals surface area contributed by atoms with Crippen LogP contribution in [0.2, 0.25) is 0 Å². The lowest BCUT2D eigenvalue weighted by Gasteiger charge is -2.13. The molecule has 0 bridgehead atoms. The number of benzene rings is 2. The summed E-state index contributed by atoms with van der Waals surface area (Å²) in [6.45, 7) is -3.05. The van der Waals surface area contributed by atoms with E-state index in [1.54, 1.807) is 6.07 Å². The molecule has 10 heteroatoms. The van der Waals surface area contributed by atoms with Crippen molar-refractivity contribution in [1.29, 1.82) is 0 Å². The van der Waals surface area contributed by atoms with Gasteiger partial charge in [-0.05, 0) is 48.2 Å². The van der Waals surface area contributed by atoms with E-state index >= 15 is 0 Å². The van der Waals surface area contributed by atoms with Gasteiger partial charge >= 0.3 is 6.61 Å². The van der Waals surface area contributed by atoms with Gasteiger partial charge in [-0.15, -0.1) is 0 Å². The van der Waals surface area contributed by atoms with Gasteiger partial charge in [0.25, 0.3) is 17.1 Å². The van der Waals surface area contributed by atoms with Crippen LogP contribution in [-0.4, -0.2) is 41.7 Å². The van der Waals surface area contributed by atoms with Crippen LogP contribution in [0, 0.1) is 5.82 Å². The van der Waals surface area contributed by atoms with E-state index in [1.807, 2.05) is 0 Å². The summed E-state index contributed by atoms with van der Waals surface area (Å²) in [6, 6.07) is 10.9. The van der Waals surface area contributed by atoms with Crippen LogP contribution in [0.5, 0.6) is 5.75 Å². The zero-order valence-electron chi connectivity index (χ0n) is 15.3. The maximum atomic E-state index is 13.7.